The van der Waals surface area contributed by atoms with Gasteiger partial charge >= 0.3 is 5.97 Å². The molecule has 4 heteroatoms. The second-order valence-corrected chi connectivity index (χ2v) is 4.40. The van der Waals surface area contributed by atoms with Gasteiger partial charge in [0.25, 0.3) is 0 Å². The van der Waals surface area contributed by atoms with E-state index in [9.17, 15) is 9.90 Å². The van der Waals surface area contributed by atoms with Crippen LogP contribution in [-0.4, -0.2) is 35.9 Å². The molecule has 0 heterocycles. The minimum Gasteiger partial charge on any atom is -0.481 e. The van der Waals surface area contributed by atoms with Crippen molar-refractivity contribution in [3.8, 4) is 0 Å². The number of hydrogen-bond acceptors (Lipinski definition) is 3. The van der Waals surface area contributed by atoms with Gasteiger partial charge in [0.15, 0.2) is 0 Å². The number of carbonyl (C=O) groups is 1. The molecule has 0 aromatic heterocycles. The smallest absolute Gasteiger partial charge is 0.306 e. The second kappa shape index (κ2) is 5.68. The van der Waals surface area contributed by atoms with E-state index in [0.717, 1.165) is 5.69 Å². The molecule has 1 aromatic rings. The number of likely N-dealkylation sites (N-methyl/N-ethyl adjacent to an activating group) is 1. The highest BCUT2D eigenvalue weighted by atomic mass is 16.4. The van der Waals surface area contributed by atoms with Gasteiger partial charge in [0.05, 0.1) is 12.5 Å². The van der Waals surface area contributed by atoms with Crippen LogP contribution in [0.25, 0.3) is 0 Å². The molecular formula is C13H19NO3. The van der Waals surface area contributed by atoms with Crippen molar-refractivity contribution < 1.29 is 15.0 Å². The fourth-order valence-electron chi connectivity index (χ4n) is 1.65. The van der Waals surface area contributed by atoms with Crippen LogP contribution in [0.4, 0.5) is 5.69 Å². The fourth-order valence-corrected chi connectivity index (χ4v) is 1.65. The average Bonchev–Trinajstić information content (AvgIpc) is 2.20. The van der Waals surface area contributed by atoms with Gasteiger partial charge in [-0.3, -0.25) is 4.79 Å². The van der Waals surface area contributed by atoms with Crippen molar-refractivity contribution in [1.82, 2.24) is 0 Å². The number of carboxylic acid groups (broad SMARTS) is 1. The predicted molar refractivity (Wildman–Crippen MR) is 67.4 cm³/mol. The number of aliphatic hydroxyl groups is 1. The van der Waals surface area contributed by atoms with Crippen LogP contribution in [0.15, 0.2) is 18.2 Å². The Balaban J connectivity index is 2.66. The van der Waals surface area contributed by atoms with Crippen molar-refractivity contribution in [3.63, 3.8) is 0 Å². The summed E-state index contributed by atoms with van der Waals surface area (Å²) in [6.07, 6.45) is -1.08. The Kier molecular flexibility index (Phi) is 4.52. The molecule has 1 atom stereocenters. The number of hydrogen-bond donors (Lipinski definition) is 2. The molecule has 0 aliphatic heterocycles. The maximum absolute atomic E-state index is 10.4. The van der Waals surface area contributed by atoms with Gasteiger partial charge in [-0.1, -0.05) is 6.07 Å². The molecule has 0 fully saturated rings. The molecule has 0 saturated carbocycles. The summed E-state index contributed by atoms with van der Waals surface area (Å²) in [7, 11) is 1.84. The van der Waals surface area contributed by atoms with Gasteiger partial charge in [0.2, 0.25) is 0 Å². The number of aryl methyl sites for hydroxylation is 2. The highest BCUT2D eigenvalue weighted by Gasteiger charge is 2.12. The van der Waals surface area contributed by atoms with Gasteiger partial charge in [-0.05, 0) is 37.1 Å². The Hall–Kier alpha value is -1.55. The third-order valence-corrected chi connectivity index (χ3v) is 2.83. The molecule has 0 saturated heterocycles. The lowest BCUT2D eigenvalue weighted by Gasteiger charge is -2.22. The fraction of sp³-hybridized carbons (Fsp3) is 0.462. The molecule has 17 heavy (non-hydrogen) atoms. The Morgan fingerprint density at radius 2 is 2.00 bits per heavy atom. The van der Waals surface area contributed by atoms with E-state index in [4.69, 9.17) is 5.11 Å². The average molecular weight is 237 g/mol. The summed E-state index contributed by atoms with van der Waals surface area (Å²) < 4.78 is 0. The number of aliphatic carboxylic acids is 1. The zero-order valence-electron chi connectivity index (χ0n) is 10.5. The van der Waals surface area contributed by atoms with Crippen molar-refractivity contribution in [1.29, 1.82) is 0 Å². The first kappa shape index (κ1) is 13.5. The summed E-state index contributed by atoms with van der Waals surface area (Å²) in [6, 6.07) is 6.02. The van der Waals surface area contributed by atoms with Crippen molar-refractivity contribution >= 4 is 11.7 Å². The molecule has 0 spiro atoms. The quantitative estimate of drug-likeness (QED) is 0.816. The van der Waals surface area contributed by atoms with E-state index in [-0.39, 0.29) is 6.42 Å². The van der Waals surface area contributed by atoms with Crippen LogP contribution in [-0.2, 0) is 4.79 Å². The van der Waals surface area contributed by atoms with Gasteiger partial charge in [-0.2, -0.15) is 0 Å². The molecule has 0 amide bonds. The number of aliphatic hydroxyl groups excluding tert-OH is 1. The highest BCUT2D eigenvalue weighted by Crippen LogP contribution is 2.18. The summed E-state index contributed by atoms with van der Waals surface area (Å²) >= 11 is 0. The first-order valence-corrected chi connectivity index (χ1v) is 5.58. The molecule has 94 valence electrons. The number of rotatable bonds is 5. The van der Waals surface area contributed by atoms with Gasteiger partial charge in [0.1, 0.15) is 0 Å². The van der Waals surface area contributed by atoms with Crippen LogP contribution < -0.4 is 4.90 Å². The van der Waals surface area contributed by atoms with Crippen LogP contribution in [0.1, 0.15) is 17.5 Å². The lowest BCUT2D eigenvalue weighted by molar-refractivity contribution is -0.139. The first-order valence-electron chi connectivity index (χ1n) is 5.58. The maximum atomic E-state index is 10.4. The Bertz CT molecular complexity index is 404. The van der Waals surface area contributed by atoms with E-state index in [1.54, 1.807) is 0 Å². The first-order chi connectivity index (χ1) is 7.90. The van der Waals surface area contributed by atoms with E-state index in [1.807, 2.05) is 44.0 Å². The number of benzene rings is 1. The van der Waals surface area contributed by atoms with E-state index in [1.165, 1.54) is 11.1 Å². The molecule has 0 aliphatic rings. The van der Waals surface area contributed by atoms with E-state index in [0.29, 0.717) is 6.54 Å². The van der Waals surface area contributed by atoms with Gasteiger partial charge in [-0.25, -0.2) is 0 Å². The predicted octanol–water partition coefficient (Wildman–Crippen LogP) is 1.58. The minimum absolute atomic E-state index is 0.227. The molecule has 1 rings (SSSR count). The Morgan fingerprint density at radius 1 is 1.35 bits per heavy atom. The van der Waals surface area contributed by atoms with E-state index >= 15 is 0 Å². The zero-order valence-corrected chi connectivity index (χ0v) is 10.5. The highest BCUT2D eigenvalue weighted by molar-refractivity contribution is 5.67. The monoisotopic (exact) mass is 237 g/mol. The van der Waals surface area contributed by atoms with Crippen LogP contribution in [0.5, 0.6) is 0 Å². The lowest BCUT2D eigenvalue weighted by Crippen LogP contribution is -2.30. The summed E-state index contributed by atoms with van der Waals surface area (Å²) in [4.78, 5) is 12.3. The van der Waals surface area contributed by atoms with Crippen molar-refractivity contribution in [3.05, 3.63) is 29.3 Å². The SMILES string of the molecule is Cc1ccc(N(C)CC(O)CC(=O)O)cc1C. The summed E-state index contributed by atoms with van der Waals surface area (Å²) in [5.74, 6) is -0.981. The van der Waals surface area contributed by atoms with Crippen LogP contribution in [0.3, 0.4) is 0 Å². The zero-order chi connectivity index (χ0) is 13.0. The maximum Gasteiger partial charge on any atom is 0.306 e. The second-order valence-electron chi connectivity index (χ2n) is 4.40. The standard InChI is InChI=1S/C13H19NO3/c1-9-4-5-11(6-10(9)2)14(3)8-12(15)7-13(16)17/h4-6,12,15H,7-8H2,1-3H3,(H,16,17). The number of nitrogens with zero attached hydrogens (tertiary/aromatic N) is 1. The Morgan fingerprint density at radius 3 is 2.53 bits per heavy atom. The summed E-state index contributed by atoms with van der Waals surface area (Å²) in [5, 5.41) is 18.1. The Labute approximate surface area is 101 Å². The van der Waals surface area contributed by atoms with Gasteiger partial charge in [0, 0.05) is 19.3 Å². The molecule has 0 radical (unpaired) electrons. The third-order valence-electron chi connectivity index (χ3n) is 2.83. The summed E-state index contributed by atoms with van der Waals surface area (Å²) in [5.41, 5.74) is 3.38. The molecule has 0 aliphatic carbocycles. The summed E-state index contributed by atoms with van der Waals surface area (Å²) in [6.45, 7) is 4.38. The molecular weight excluding hydrogens is 218 g/mol. The molecule has 2 N–H and O–H groups in total. The van der Waals surface area contributed by atoms with Crippen LogP contribution >= 0.6 is 0 Å². The third kappa shape index (κ3) is 4.07. The van der Waals surface area contributed by atoms with Crippen molar-refractivity contribution in [2.24, 2.45) is 0 Å². The van der Waals surface area contributed by atoms with Crippen molar-refractivity contribution in [2.45, 2.75) is 26.4 Å². The van der Waals surface area contributed by atoms with E-state index < -0.39 is 12.1 Å². The molecule has 1 unspecified atom stereocenters. The molecule has 1 aromatic carbocycles. The topological polar surface area (TPSA) is 60.8 Å². The van der Waals surface area contributed by atoms with Gasteiger partial charge < -0.3 is 15.1 Å². The molecule has 0 bridgehead atoms. The normalized spacial score (nSPS) is 12.2. The lowest BCUT2D eigenvalue weighted by atomic mass is 10.1. The van der Waals surface area contributed by atoms with Crippen LogP contribution in [0, 0.1) is 13.8 Å². The van der Waals surface area contributed by atoms with Gasteiger partial charge in [-0.15, -0.1) is 0 Å². The number of carboxylic acids is 1. The largest absolute Gasteiger partial charge is 0.481 e. The molecule has 4 nitrogen and oxygen atoms in total. The number of anilines is 1. The van der Waals surface area contributed by atoms with E-state index in [2.05, 4.69) is 0 Å². The van der Waals surface area contributed by atoms with Crippen LogP contribution in [0.2, 0.25) is 0 Å². The minimum atomic E-state index is -0.981. The van der Waals surface area contributed by atoms with Crippen molar-refractivity contribution in [2.75, 3.05) is 18.5 Å².